The molecule has 1 atom stereocenters. The van der Waals surface area contributed by atoms with Crippen LogP contribution in [0.4, 0.5) is 11.4 Å². The molecule has 1 unspecified atom stereocenters. The summed E-state index contributed by atoms with van der Waals surface area (Å²) in [6, 6.07) is 19.8. The fraction of sp³-hybridized carbons (Fsp3) is 0.167. The van der Waals surface area contributed by atoms with Gasteiger partial charge in [0.1, 0.15) is 17.5 Å². The van der Waals surface area contributed by atoms with Crippen LogP contribution < -0.4 is 19.2 Å². The number of hydrogen-bond donors (Lipinski definition) is 1. The molecule has 0 fully saturated rings. The zero-order valence-electron chi connectivity index (χ0n) is 18.8. The second kappa shape index (κ2) is 9.32. The summed E-state index contributed by atoms with van der Waals surface area (Å²) in [5, 5.41) is 2.75. The third-order valence-electron chi connectivity index (χ3n) is 5.22. The van der Waals surface area contributed by atoms with E-state index in [1.54, 1.807) is 49.5 Å². The van der Waals surface area contributed by atoms with E-state index in [9.17, 15) is 18.0 Å². The lowest BCUT2D eigenvalue weighted by Crippen LogP contribution is -2.45. The second-order valence-electron chi connectivity index (χ2n) is 7.74. The lowest BCUT2D eigenvalue weighted by atomic mass is 10.2. The van der Waals surface area contributed by atoms with Crippen molar-refractivity contribution in [3.8, 4) is 11.5 Å². The minimum atomic E-state index is -3.77. The predicted octanol–water partition coefficient (Wildman–Crippen LogP) is 4.19. The number of nitrogens with zero attached hydrogens (tertiary/aromatic N) is 2. The van der Waals surface area contributed by atoms with E-state index in [0.717, 1.165) is 32.1 Å². The Labute approximate surface area is 201 Å². The predicted molar refractivity (Wildman–Crippen MR) is 135 cm³/mol. The van der Waals surface area contributed by atoms with Crippen LogP contribution in [0, 0.1) is 0 Å². The van der Waals surface area contributed by atoms with Gasteiger partial charge in [-0.1, -0.05) is 29.5 Å². The topological polar surface area (TPSA) is 97.7 Å². The summed E-state index contributed by atoms with van der Waals surface area (Å²) in [6.07, 6.45) is 1.05. The SMILES string of the molecule is CC(C(=O)Nc1ccc2c(c1)sc(=O)n2C)N(c1ccc(Oc2ccccc2)cc1)S(C)(=O)=O. The Morgan fingerprint density at radius 3 is 2.32 bits per heavy atom. The molecule has 1 amide bonds. The number of rotatable bonds is 7. The van der Waals surface area contributed by atoms with Gasteiger partial charge in [-0.15, -0.1) is 0 Å². The first kappa shape index (κ1) is 23.5. The van der Waals surface area contributed by atoms with Gasteiger partial charge in [0.15, 0.2) is 0 Å². The first-order chi connectivity index (χ1) is 16.1. The minimum absolute atomic E-state index is 0.102. The molecule has 1 N–H and O–H groups in total. The van der Waals surface area contributed by atoms with E-state index in [4.69, 9.17) is 4.74 Å². The molecule has 3 aromatic carbocycles. The van der Waals surface area contributed by atoms with Gasteiger partial charge >= 0.3 is 4.87 Å². The molecule has 0 spiro atoms. The van der Waals surface area contributed by atoms with Gasteiger partial charge in [-0.05, 0) is 61.5 Å². The molecule has 4 aromatic rings. The number of carbonyl (C=O) groups excluding carboxylic acids is 1. The first-order valence-electron chi connectivity index (χ1n) is 10.4. The monoisotopic (exact) mass is 497 g/mol. The highest BCUT2D eigenvalue weighted by Crippen LogP contribution is 2.27. The molecule has 0 aliphatic carbocycles. The van der Waals surface area contributed by atoms with Gasteiger partial charge in [0, 0.05) is 12.7 Å². The van der Waals surface area contributed by atoms with Crippen LogP contribution in [0.5, 0.6) is 11.5 Å². The van der Waals surface area contributed by atoms with Crippen LogP contribution in [-0.2, 0) is 21.9 Å². The highest BCUT2D eigenvalue weighted by molar-refractivity contribution is 7.92. The number of amides is 1. The summed E-state index contributed by atoms with van der Waals surface area (Å²) >= 11 is 1.08. The van der Waals surface area contributed by atoms with Gasteiger partial charge in [0.05, 0.1) is 22.2 Å². The van der Waals surface area contributed by atoms with Crippen LogP contribution >= 0.6 is 11.3 Å². The summed E-state index contributed by atoms with van der Waals surface area (Å²) in [5.41, 5.74) is 1.57. The van der Waals surface area contributed by atoms with Crippen molar-refractivity contribution in [3.63, 3.8) is 0 Å². The summed E-state index contributed by atoms with van der Waals surface area (Å²) < 4.78 is 34.3. The van der Waals surface area contributed by atoms with E-state index in [1.165, 1.54) is 11.5 Å². The average molecular weight is 498 g/mol. The van der Waals surface area contributed by atoms with Crippen LogP contribution in [0.2, 0.25) is 0 Å². The van der Waals surface area contributed by atoms with Crippen LogP contribution in [0.3, 0.4) is 0 Å². The number of benzene rings is 3. The number of sulfonamides is 1. The van der Waals surface area contributed by atoms with Gasteiger partial charge in [-0.3, -0.25) is 13.9 Å². The number of aryl methyl sites for hydroxylation is 1. The third kappa shape index (κ3) is 4.97. The minimum Gasteiger partial charge on any atom is -0.457 e. The highest BCUT2D eigenvalue weighted by atomic mass is 32.2. The molecule has 176 valence electrons. The molecular weight excluding hydrogens is 474 g/mol. The van der Waals surface area contributed by atoms with E-state index in [0.29, 0.717) is 22.9 Å². The molecule has 0 saturated heterocycles. The molecule has 8 nitrogen and oxygen atoms in total. The van der Waals surface area contributed by atoms with Crippen molar-refractivity contribution in [2.75, 3.05) is 15.9 Å². The second-order valence-corrected chi connectivity index (χ2v) is 10.6. The first-order valence-corrected chi connectivity index (χ1v) is 13.0. The molecule has 0 aliphatic rings. The van der Waals surface area contributed by atoms with Crippen molar-refractivity contribution < 1.29 is 17.9 Å². The molecule has 34 heavy (non-hydrogen) atoms. The Bertz CT molecular complexity index is 1490. The number of fused-ring (bicyclic) bond motifs is 1. The molecule has 0 bridgehead atoms. The lowest BCUT2D eigenvalue weighted by Gasteiger charge is -2.28. The zero-order chi connectivity index (χ0) is 24.5. The number of carbonyl (C=O) groups is 1. The van der Waals surface area contributed by atoms with Crippen molar-refractivity contribution in [2.24, 2.45) is 7.05 Å². The maximum absolute atomic E-state index is 13.0. The maximum Gasteiger partial charge on any atom is 0.307 e. The fourth-order valence-corrected chi connectivity index (χ4v) is 5.65. The number of nitrogens with one attached hydrogen (secondary N) is 1. The van der Waals surface area contributed by atoms with Crippen LogP contribution in [0.25, 0.3) is 10.2 Å². The zero-order valence-corrected chi connectivity index (χ0v) is 20.4. The van der Waals surface area contributed by atoms with Gasteiger partial charge < -0.3 is 14.6 Å². The number of para-hydroxylation sites is 1. The number of thiazole rings is 1. The average Bonchev–Trinajstić information content (AvgIpc) is 3.07. The highest BCUT2D eigenvalue weighted by Gasteiger charge is 2.29. The molecule has 0 saturated carbocycles. The standard InChI is InChI=1S/C24H23N3O5S2/c1-16(23(28)25-17-9-14-21-22(15-17)33-24(29)26(21)2)27(34(3,30)31)18-10-12-20(13-11-18)32-19-7-5-4-6-8-19/h4-16H,1-3H3,(H,25,28). The van der Waals surface area contributed by atoms with Crippen molar-refractivity contribution in [1.29, 1.82) is 0 Å². The molecule has 1 heterocycles. The Morgan fingerprint density at radius 1 is 1.03 bits per heavy atom. The van der Waals surface area contributed by atoms with E-state index in [2.05, 4.69) is 5.32 Å². The Balaban J connectivity index is 1.55. The largest absolute Gasteiger partial charge is 0.457 e. The van der Waals surface area contributed by atoms with Gasteiger partial charge in [-0.25, -0.2) is 8.42 Å². The normalized spacial score (nSPS) is 12.3. The summed E-state index contributed by atoms with van der Waals surface area (Å²) in [7, 11) is -2.09. The Hall–Kier alpha value is -3.63. The summed E-state index contributed by atoms with van der Waals surface area (Å²) in [4.78, 5) is 24.8. The van der Waals surface area contributed by atoms with E-state index >= 15 is 0 Å². The van der Waals surface area contributed by atoms with Crippen LogP contribution in [0.1, 0.15) is 6.92 Å². The Morgan fingerprint density at radius 2 is 1.68 bits per heavy atom. The van der Waals surface area contributed by atoms with Crippen molar-refractivity contribution >= 4 is 48.9 Å². The quantitative estimate of drug-likeness (QED) is 0.413. The van der Waals surface area contributed by atoms with Crippen molar-refractivity contribution in [2.45, 2.75) is 13.0 Å². The molecule has 1 aromatic heterocycles. The van der Waals surface area contributed by atoms with Crippen LogP contribution in [0.15, 0.2) is 77.6 Å². The molecule has 0 aliphatic heterocycles. The third-order valence-corrected chi connectivity index (χ3v) is 7.46. The maximum atomic E-state index is 13.0. The van der Waals surface area contributed by atoms with Crippen molar-refractivity contribution in [1.82, 2.24) is 4.57 Å². The van der Waals surface area contributed by atoms with E-state index in [-0.39, 0.29) is 4.87 Å². The van der Waals surface area contributed by atoms with Crippen LogP contribution in [-0.4, -0.2) is 31.2 Å². The number of hydrogen-bond acceptors (Lipinski definition) is 6. The summed E-state index contributed by atoms with van der Waals surface area (Å²) in [5.74, 6) is 0.691. The molecular formula is C24H23N3O5S2. The van der Waals surface area contributed by atoms with Gasteiger partial charge in [0.25, 0.3) is 0 Å². The number of ether oxygens (including phenoxy) is 1. The van der Waals surface area contributed by atoms with E-state index in [1.807, 2.05) is 30.3 Å². The molecule has 10 heteroatoms. The Kier molecular flexibility index (Phi) is 6.45. The molecule has 4 rings (SSSR count). The van der Waals surface area contributed by atoms with E-state index < -0.39 is 22.0 Å². The number of aromatic nitrogens is 1. The summed E-state index contributed by atoms with van der Waals surface area (Å²) in [6.45, 7) is 1.52. The van der Waals surface area contributed by atoms with Crippen molar-refractivity contribution in [3.05, 3.63) is 82.5 Å². The molecule has 0 radical (unpaired) electrons. The van der Waals surface area contributed by atoms with Gasteiger partial charge in [-0.2, -0.15) is 0 Å². The smallest absolute Gasteiger partial charge is 0.307 e. The van der Waals surface area contributed by atoms with Gasteiger partial charge in [0.2, 0.25) is 15.9 Å². The number of anilines is 2. The lowest BCUT2D eigenvalue weighted by molar-refractivity contribution is -0.116. The fourth-order valence-electron chi connectivity index (χ4n) is 3.55.